The molecule has 16 nitrogen and oxygen atoms in total. The van der Waals surface area contributed by atoms with Crippen LogP contribution in [0.4, 0.5) is 11.4 Å². The Bertz CT molecular complexity index is 2080. The predicted molar refractivity (Wildman–Crippen MR) is 214 cm³/mol. The second-order valence-corrected chi connectivity index (χ2v) is 16.7. The maximum absolute atomic E-state index is 14.6. The smallest absolute Gasteiger partial charge is 0.312 e. The van der Waals surface area contributed by atoms with Gasteiger partial charge in [0, 0.05) is 73.3 Å². The van der Waals surface area contributed by atoms with Gasteiger partial charge in [-0.25, -0.2) is 0 Å². The molecule has 0 radical (unpaired) electrons. The van der Waals surface area contributed by atoms with E-state index in [9.17, 15) is 44.7 Å². The maximum Gasteiger partial charge on any atom is 0.312 e. The normalized spacial score (nSPS) is 36.8. The number of carbonyl (C=O) groups excluding carboxylic acids is 4. The van der Waals surface area contributed by atoms with Gasteiger partial charge in [0.2, 0.25) is 0 Å². The average Bonchev–Trinajstić information content (AvgIpc) is 3.94. The van der Waals surface area contributed by atoms with Gasteiger partial charge in [0.25, 0.3) is 11.7 Å². The molecule has 3 unspecified atom stereocenters. The van der Waals surface area contributed by atoms with E-state index >= 15 is 0 Å². The number of phenolic OH excluding ortho intramolecular Hbond substituents is 2. The van der Waals surface area contributed by atoms with E-state index in [1.165, 1.54) is 59.3 Å². The van der Waals surface area contributed by atoms with Gasteiger partial charge in [0.1, 0.15) is 17.6 Å². The van der Waals surface area contributed by atoms with Crippen molar-refractivity contribution in [1.82, 2.24) is 0 Å². The monoisotopic (exact) mass is 824 g/mol. The molecule has 1 saturated carbocycles. The quantitative estimate of drug-likeness (QED) is 0.129. The second kappa shape index (κ2) is 16.7. The van der Waals surface area contributed by atoms with Crippen LogP contribution in [-0.2, 0) is 33.3 Å². The maximum atomic E-state index is 14.6. The third kappa shape index (κ3) is 8.25. The molecule has 7 N–H and O–H groups in total. The fourth-order valence-electron chi connectivity index (χ4n) is 8.79. The minimum Gasteiger partial charge on any atom is -0.507 e. The van der Waals surface area contributed by atoms with E-state index in [2.05, 4.69) is 10.6 Å². The number of benzene rings is 2. The minimum atomic E-state index is -2.00. The average molecular weight is 825 g/mol. The number of rotatable bonds is 4. The van der Waals surface area contributed by atoms with Gasteiger partial charge in [-0.05, 0) is 57.7 Å². The van der Waals surface area contributed by atoms with Crippen LogP contribution in [0.15, 0.2) is 30.1 Å². The lowest BCUT2D eigenvalue weighted by atomic mass is 9.79. The number of aliphatic hydroxyl groups is 3. The number of esters is 1. The Morgan fingerprint density at radius 3 is 2.31 bits per heavy atom. The number of allylic oxidation sites excluding steroid dienone is 1. The topological polar surface area (TPSA) is 240 Å². The van der Waals surface area contributed by atoms with E-state index in [1.807, 2.05) is 0 Å². The van der Waals surface area contributed by atoms with Crippen molar-refractivity contribution in [2.45, 2.75) is 123 Å². The summed E-state index contributed by atoms with van der Waals surface area (Å²) in [6.07, 6.45) is -0.567. The summed E-state index contributed by atoms with van der Waals surface area (Å²) < 4.78 is 29.4. The molecule has 2 aromatic rings. The Balaban J connectivity index is 1.49. The van der Waals surface area contributed by atoms with Gasteiger partial charge in [0.05, 0.1) is 53.4 Å². The summed E-state index contributed by atoms with van der Waals surface area (Å²) in [6.45, 7) is 12.4. The SMILES string of the molecule is CO[C@H]1/C=C/O[C@@]2(C)Oc3c(C)c(O)c4c(O)c(cc(NC5CCC(O)OC5C)c4c3C2=O)NC(=O)/C(C)=C\C(=O)[C@@H]2C[C@@H]2[C@H](O)[C@@H](C)[C@@H](O)[C@@H](C)[C@H](OC(C)=O)[C@@H]1C. The molecule has 5 bridgehead atoms. The molecule has 1 saturated heterocycles. The van der Waals surface area contributed by atoms with Gasteiger partial charge in [-0.2, -0.15) is 0 Å². The van der Waals surface area contributed by atoms with Gasteiger partial charge in [-0.3, -0.25) is 19.2 Å². The summed E-state index contributed by atoms with van der Waals surface area (Å²) in [5.74, 6) is -8.63. The van der Waals surface area contributed by atoms with E-state index in [1.54, 1.807) is 27.7 Å². The van der Waals surface area contributed by atoms with E-state index < -0.39 is 113 Å². The Hall–Kier alpha value is -4.74. The van der Waals surface area contributed by atoms with Crippen LogP contribution in [0.2, 0.25) is 0 Å². The number of hydrogen-bond acceptors (Lipinski definition) is 15. The van der Waals surface area contributed by atoms with Crippen LogP contribution in [0.25, 0.3) is 10.8 Å². The molecule has 7 rings (SSSR count). The van der Waals surface area contributed by atoms with Crippen molar-refractivity contribution in [3.05, 3.63) is 41.2 Å². The van der Waals surface area contributed by atoms with Gasteiger partial charge in [-0.1, -0.05) is 20.8 Å². The third-order valence-corrected chi connectivity index (χ3v) is 12.6. The van der Waals surface area contributed by atoms with Crippen molar-refractivity contribution in [3.63, 3.8) is 0 Å². The van der Waals surface area contributed by atoms with Crippen molar-refractivity contribution in [2.24, 2.45) is 29.6 Å². The molecule has 59 heavy (non-hydrogen) atoms. The zero-order chi connectivity index (χ0) is 43.4. The lowest BCUT2D eigenvalue weighted by Gasteiger charge is -2.37. The van der Waals surface area contributed by atoms with E-state index in [0.717, 1.165) is 0 Å². The number of amides is 1. The van der Waals surface area contributed by atoms with Crippen LogP contribution in [0.3, 0.4) is 0 Å². The second-order valence-electron chi connectivity index (χ2n) is 16.7. The predicted octanol–water partition coefficient (Wildman–Crippen LogP) is 4.36. The zero-order valence-electron chi connectivity index (χ0n) is 34.8. The summed E-state index contributed by atoms with van der Waals surface area (Å²) in [5, 5.41) is 62.4. The van der Waals surface area contributed by atoms with E-state index in [0.29, 0.717) is 19.3 Å². The summed E-state index contributed by atoms with van der Waals surface area (Å²) in [6, 6.07) is 0.977. The number of carbonyl (C=O) groups is 4. The number of ether oxygens (including phenoxy) is 5. The van der Waals surface area contributed by atoms with Crippen LogP contribution in [-0.4, -0.2) is 105 Å². The number of fused-ring (bicyclic) bond motifs is 12. The van der Waals surface area contributed by atoms with E-state index in [4.69, 9.17) is 23.7 Å². The Labute approximate surface area is 342 Å². The number of Topliss-reactive ketones (excluding diaryl/α,β-unsaturated/α-hetero) is 1. The van der Waals surface area contributed by atoms with Gasteiger partial charge in [-0.15, -0.1) is 0 Å². The molecule has 0 spiro atoms. The third-order valence-electron chi connectivity index (χ3n) is 12.6. The highest BCUT2D eigenvalue weighted by Gasteiger charge is 2.51. The van der Waals surface area contributed by atoms with Crippen molar-refractivity contribution >= 4 is 45.6 Å². The molecule has 13 atom stereocenters. The number of aliphatic hydroxyl groups excluding tert-OH is 3. The highest BCUT2D eigenvalue weighted by atomic mass is 16.7. The highest BCUT2D eigenvalue weighted by molar-refractivity contribution is 6.23. The molecule has 1 aliphatic carbocycles. The Morgan fingerprint density at radius 2 is 1.66 bits per heavy atom. The number of ketones is 2. The molecule has 1 amide bonds. The summed E-state index contributed by atoms with van der Waals surface area (Å²) in [7, 11) is 1.43. The minimum absolute atomic E-state index is 0.00610. The first-order valence-corrected chi connectivity index (χ1v) is 20.0. The van der Waals surface area contributed by atoms with Crippen LogP contribution in [0.5, 0.6) is 17.2 Å². The number of hydrogen-bond donors (Lipinski definition) is 7. The lowest BCUT2D eigenvalue weighted by molar-refractivity contribution is -0.161. The molecule has 322 valence electrons. The first-order valence-electron chi connectivity index (χ1n) is 20.0. The van der Waals surface area contributed by atoms with Crippen molar-refractivity contribution in [3.8, 4) is 17.2 Å². The van der Waals surface area contributed by atoms with Crippen molar-refractivity contribution in [1.29, 1.82) is 0 Å². The molecule has 4 heterocycles. The molecule has 2 fully saturated rings. The summed E-state index contributed by atoms with van der Waals surface area (Å²) in [5.41, 5.74) is 0.142. The molecule has 2 aromatic carbocycles. The molecule has 16 heteroatoms. The number of methoxy groups -OCH3 is 1. The number of phenols is 2. The fraction of sp³-hybridized carbons (Fsp3) is 0.581. The van der Waals surface area contributed by atoms with Crippen molar-refractivity contribution in [2.75, 3.05) is 17.7 Å². The number of aromatic hydroxyl groups is 2. The molecule has 0 aromatic heterocycles. The van der Waals surface area contributed by atoms with Gasteiger partial charge in [0.15, 0.2) is 17.8 Å². The Morgan fingerprint density at radius 1 is 0.966 bits per heavy atom. The lowest BCUT2D eigenvalue weighted by Crippen LogP contribution is -2.46. The first kappa shape index (κ1) is 43.8. The van der Waals surface area contributed by atoms with Crippen LogP contribution < -0.4 is 15.4 Å². The summed E-state index contributed by atoms with van der Waals surface area (Å²) >= 11 is 0. The van der Waals surface area contributed by atoms with Crippen LogP contribution >= 0.6 is 0 Å². The molecule has 5 aliphatic rings. The van der Waals surface area contributed by atoms with Crippen molar-refractivity contribution < 1.29 is 68.4 Å². The Kier molecular flexibility index (Phi) is 12.4. The first-order chi connectivity index (χ1) is 27.7. The highest BCUT2D eigenvalue weighted by Crippen LogP contribution is 2.54. The van der Waals surface area contributed by atoms with E-state index in [-0.39, 0.29) is 44.6 Å². The van der Waals surface area contributed by atoms with Gasteiger partial charge < -0.3 is 59.9 Å². The zero-order valence-corrected chi connectivity index (χ0v) is 34.8. The summed E-state index contributed by atoms with van der Waals surface area (Å²) in [4.78, 5) is 54.0. The van der Waals surface area contributed by atoms with Gasteiger partial charge >= 0.3 is 11.8 Å². The molecular weight excluding hydrogens is 768 g/mol. The molecule has 4 aliphatic heterocycles. The number of anilines is 2. The van der Waals surface area contributed by atoms with Crippen LogP contribution in [0.1, 0.15) is 83.7 Å². The fourth-order valence-corrected chi connectivity index (χ4v) is 8.79. The largest absolute Gasteiger partial charge is 0.507 e. The molecular formula is C43H56N2O14. The number of nitrogens with one attached hydrogen (secondary N) is 2. The van der Waals surface area contributed by atoms with Crippen LogP contribution in [0, 0.1) is 36.5 Å². The standard InChI is InChI=1S/C43H56N2O14/c1-17-14-29(47)24-15-25(24)36(50)19(3)35(49)20(4)39(58-23(7)46)18(2)30(55-9)12-13-56-43(8)41(53)34-32-27(44-26-10-11-31(48)57-22(26)6)16-28(45-42(17)54)38(52)33(32)37(51)21(5)40(34)59-43/h12-14,16,18-20,22,24-26,30-31,35-36,39,44,48-52H,10-11,15H2,1-9H3,(H,45,54)/b13-12+,17-14-/t18-,19+,20-,22?,24-,25+,26?,30+,31?,35-,36-,39-,43+/m1/s1.